The van der Waals surface area contributed by atoms with Crippen LogP contribution in [0.15, 0.2) is 36.4 Å². The Morgan fingerprint density at radius 3 is 2.68 bits per heavy atom. The number of nitrogens with one attached hydrogen (secondary N) is 2. The van der Waals surface area contributed by atoms with E-state index in [0.717, 1.165) is 22.9 Å². The molecule has 0 saturated carbocycles. The highest BCUT2D eigenvalue weighted by Crippen LogP contribution is 2.30. The lowest BCUT2D eigenvalue weighted by Crippen LogP contribution is -2.35. The van der Waals surface area contributed by atoms with Gasteiger partial charge in [-0.05, 0) is 48.4 Å². The summed E-state index contributed by atoms with van der Waals surface area (Å²) < 4.78 is 25.3. The highest BCUT2D eigenvalue weighted by molar-refractivity contribution is 7.92. The molecular weight excluding hydrogens is 421 g/mol. The van der Waals surface area contributed by atoms with Crippen LogP contribution in [0.2, 0.25) is 10.0 Å². The predicted molar refractivity (Wildman–Crippen MR) is 112 cm³/mol. The van der Waals surface area contributed by atoms with Crippen molar-refractivity contribution in [1.82, 2.24) is 9.88 Å². The van der Waals surface area contributed by atoms with Crippen molar-refractivity contribution in [2.24, 2.45) is 0 Å². The van der Waals surface area contributed by atoms with Crippen molar-refractivity contribution >= 4 is 55.7 Å². The fourth-order valence-electron chi connectivity index (χ4n) is 3.55. The molecule has 2 heterocycles. The molecular formula is C19H17Cl2N3O3S. The maximum atomic E-state index is 13.0. The third kappa shape index (κ3) is 3.83. The molecule has 0 bridgehead atoms. The molecule has 0 fully saturated rings. The third-order valence-corrected chi connectivity index (χ3v) is 5.73. The summed E-state index contributed by atoms with van der Waals surface area (Å²) in [5.41, 5.74) is 3.74. The van der Waals surface area contributed by atoms with Gasteiger partial charge in [-0.15, -0.1) is 0 Å². The fourth-order valence-corrected chi connectivity index (χ4v) is 4.51. The fraction of sp³-hybridized carbons (Fsp3) is 0.211. The first-order valence-electron chi connectivity index (χ1n) is 8.56. The van der Waals surface area contributed by atoms with Gasteiger partial charge in [-0.1, -0.05) is 23.2 Å². The van der Waals surface area contributed by atoms with Gasteiger partial charge in [0.2, 0.25) is 10.0 Å². The number of fused-ring (bicyclic) bond motifs is 3. The molecule has 6 nitrogen and oxygen atoms in total. The number of aromatic nitrogens is 1. The van der Waals surface area contributed by atoms with Gasteiger partial charge >= 0.3 is 0 Å². The van der Waals surface area contributed by atoms with Crippen molar-refractivity contribution in [2.75, 3.05) is 17.5 Å². The average Bonchev–Trinajstić information content (AvgIpc) is 2.96. The molecule has 3 aromatic rings. The first-order chi connectivity index (χ1) is 13.2. The summed E-state index contributed by atoms with van der Waals surface area (Å²) in [6.45, 7) is 0.981. The molecule has 0 saturated heterocycles. The Hall–Kier alpha value is -2.22. The van der Waals surface area contributed by atoms with Crippen molar-refractivity contribution in [1.29, 1.82) is 0 Å². The van der Waals surface area contributed by atoms with Crippen LogP contribution < -0.4 is 4.72 Å². The van der Waals surface area contributed by atoms with E-state index in [2.05, 4.69) is 9.71 Å². The van der Waals surface area contributed by atoms with E-state index in [9.17, 15) is 13.2 Å². The number of nitrogens with zero attached hydrogens (tertiary/aromatic N) is 1. The summed E-state index contributed by atoms with van der Waals surface area (Å²) in [5.74, 6) is -0.207. The average molecular weight is 438 g/mol. The molecule has 0 radical (unpaired) electrons. The van der Waals surface area contributed by atoms with E-state index in [-0.39, 0.29) is 16.6 Å². The van der Waals surface area contributed by atoms with Gasteiger partial charge in [0.05, 0.1) is 18.5 Å². The van der Waals surface area contributed by atoms with Crippen molar-refractivity contribution in [3.05, 3.63) is 63.3 Å². The second kappa shape index (κ2) is 6.99. The second-order valence-electron chi connectivity index (χ2n) is 6.85. The minimum atomic E-state index is -3.47. The number of anilines is 1. The van der Waals surface area contributed by atoms with Gasteiger partial charge in [0.1, 0.15) is 0 Å². The summed E-state index contributed by atoms with van der Waals surface area (Å²) in [6.07, 6.45) is 1.75. The van der Waals surface area contributed by atoms with Gasteiger partial charge in [0.25, 0.3) is 5.91 Å². The van der Waals surface area contributed by atoms with Crippen LogP contribution >= 0.6 is 23.2 Å². The molecule has 146 valence electrons. The minimum absolute atomic E-state index is 0.207. The van der Waals surface area contributed by atoms with Crippen LogP contribution in [0.4, 0.5) is 5.69 Å². The highest BCUT2D eigenvalue weighted by atomic mass is 35.5. The summed E-state index contributed by atoms with van der Waals surface area (Å²) in [5, 5.41) is 2.05. The SMILES string of the molecule is CS(=O)(=O)Nc1cc(Cl)cc(C(=O)N2CCc3c([nH]c4ccc(Cl)cc34)C2)c1. The van der Waals surface area contributed by atoms with Gasteiger partial charge in [-0.2, -0.15) is 0 Å². The van der Waals surface area contributed by atoms with E-state index in [1.165, 1.54) is 23.8 Å². The lowest BCUT2D eigenvalue weighted by molar-refractivity contribution is 0.0733. The van der Waals surface area contributed by atoms with Crippen LogP contribution in [0.3, 0.4) is 0 Å². The van der Waals surface area contributed by atoms with E-state index < -0.39 is 10.0 Å². The summed E-state index contributed by atoms with van der Waals surface area (Å²) >= 11 is 12.2. The number of halogens is 2. The van der Waals surface area contributed by atoms with Crippen LogP contribution in [-0.2, 0) is 23.0 Å². The predicted octanol–water partition coefficient (Wildman–Crippen LogP) is 4.04. The molecule has 2 N–H and O–H groups in total. The standard InChI is InChI=1S/C19H17Cl2N3O3S/c1-28(26,27)23-14-7-11(6-13(21)8-14)19(25)24-5-4-15-16-9-12(20)2-3-17(16)22-18(15)10-24/h2-3,6-9,22-23H,4-5,10H2,1H3. The number of aromatic amines is 1. The first-order valence-corrected chi connectivity index (χ1v) is 11.2. The van der Waals surface area contributed by atoms with Crippen molar-refractivity contribution < 1.29 is 13.2 Å². The number of carbonyl (C=O) groups excluding carboxylic acids is 1. The van der Waals surface area contributed by atoms with Crippen LogP contribution in [0.25, 0.3) is 10.9 Å². The smallest absolute Gasteiger partial charge is 0.254 e. The van der Waals surface area contributed by atoms with Crippen molar-refractivity contribution in [2.45, 2.75) is 13.0 Å². The molecule has 0 unspecified atom stereocenters. The number of hydrogen-bond acceptors (Lipinski definition) is 3. The number of hydrogen-bond donors (Lipinski definition) is 2. The zero-order chi connectivity index (χ0) is 20.1. The normalized spacial score (nSPS) is 14.2. The Bertz CT molecular complexity index is 1200. The number of H-pyrrole nitrogens is 1. The lowest BCUT2D eigenvalue weighted by Gasteiger charge is -2.27. The van der Waals surface area contributed by atoms with Gasteiger partial charge in [-0.25, -0.2) is 8.42 Å². The quantitative estimate of drug-likeness (QED) is 0.648. The summed E-state index contributed by atoms with van der Waals surface area (Å²) in [4.78, 5) is 18.1. The summed E-state index contributed by atoms with van der Waals surface area (Å²) in [7, 11) is -3.47. The molecule has 0 spiro atoms. The third-order valence-electron chi connectivity index (χ3n) is 4.67. The Kier molecular flexibility index (Phi) is 4.77. The molecule has 1 aromatic heterocycles. The molecule has 0 atom stereocenters. The Balaban J connectivity index is 1.62. The summed E-state index contributed by atoms with van der Waals surface area (Å²) in [6, 6.07) is 10.2. The zero-order valence-electron chi connectivity index (χ0n) is 14.9. The van der Waals surface area contributed by atoms with Crippen molar-refractivity contribution in [3.8, 4) is 0 Å². The van der Waals surface area contributed by atoms with Gasteiger partial charge < -0.3 is 9.88 Å². The number of carbonyl (C=O) groups is 1. The van der Waals surface area contributed by atoms with E-state index in [4.69, 9.17) is 23.2 Å². The van der Waals surface area contributed by atoms with Gasteiger partial charge in [0.15, 0.2) is 0 Å². The minimum Gasteiger partial charge on any atom is -0.357 e. The van der Waals surface area contributed by atoms with E-state index >= 15 is 0 Å². The van der Waals surface area contributed by atoms with Crippen LogP contribution in [0, 0.1) is 0 Å². The van der Waals surface area contributed by atoms with Crippen LogP contribution in [0.1, 0.15) is 21.6 Å². The molecule has 0 aliphatic carbocycles. The maximum Gasteiger partial charge on any atom is 0.254 e. The van der Waals surface area contributed by atoms with Crippen LogP contribution in [0.5, 0.6) is 0 Å². The van der Waals surface area contributed by atoms with Gasteiger partial charge in [-0.3, -0.25) is 9.52 Å². The molecule has 1 amide bonds. The molecule has 4 rings (SSSR count). The molecule has 2 aromatic carbocycles. The topological polar surface area (TPSA) is 82.3 Å². The molecule has 9 heteroatoms. The highest BCUT2D eigenvalue weighted by Gasteiger charge is 2.25. The number of amides is 1. The van der Waals surface area contributed by atoms with E-state index in [0.29, 0.717) is 30.1 Å². The van der Waals surface area contributed by atoms with Gasteiger partial charge in [0, 0.05) is 38.8 Å². The van der Waals surface area contributed by atoms with E-state index in [1.54, 1.807) is 4.90 Å². The number of sulfonamides is 1. The molecule has 28 heavy (non-hydrogen) atoms. The number of rotatable bonds is 3. The Labute approximate surface area is 172 Å². The van der Waals surface area contributed by atoms with Crippen molar-refractivity contribution in [3.63, 3.8) is 0 Å². The monoisotopic (exact) mass is 437 g/mol. The molecule has 1 aliphatic heterocycles. The zero-order valence-corrected chi connectivity index (χ0v) is 17.2. The first kappa shape index (κ1) is 19.1. The Morgan fingerprint density at radius 2 is 1.93 bits per heavy atom. The Morgan fingerprint density at radius 1 is 1.14 bits per heavy atom. The lowest BCUT2D eigenvalue weighted by atomic mass is 10.0. The van der Waals surface area contributed by atoms with E-state index in [1.807, 2.05) is 18.2 Å². The second-order valence-corrected chi connectivity index (χ2v) is 9.47. The number of benzene rings is 2. The maximum absolute atomic E-state index is 13.0. The largest absolute Gasteiger partial charge is 0.357 e. The van der Waals surface area contributed by atoms with Crippen LogP contribution in [-0.4, -0.2) is 37.0 Å². The molecule has 1 aliphatic rings.